The van der Waals surface area contributed by atoms with E-state index in [0.29, 0.717) is 5.56 Å². The van der Waals surface area contributed by atoms with Crippen molar-refractivity contribution in [2.45, 2.75) is 37.3 Å². The molecule has 0 aromatic heterocycles. The fourth-order valence-corrected chi connectivity index (χ4v) is 3.03. The van der Waals surface area contributed by atoms with Gasteiger partial charge >= 0.3 is 5.97 Å². The van der Waals surface area contributed by atoms with Crippen LogP contribution in [0.2, 0.25) is 0 Å². The zero-order valence-electron chi connectivity index (χ0n) is 13.8. The monoisotopic (exact) mass is 341 g/mol. The van der Waals surface area contributed by atoms with Crippen LogP contribution in [0.1, 0.15) is 26.3 Å². The molecule has 0 spiro atoms. The fourth-order valence-electron chi connectivity index (χ4n) is 1.97. The van der Waals surface area contributed by atoms with Crippen LogP contribution in [0.4, 0.5) is 0 Å². The van der Waals surface area contributed by atoms with E-state index in [0.717, 1.165) is 0 Å². The first-order valence-corrected chi connectivity index (χ1v) is 8.90. The molecular formula is C16H23NO5S. The Balaban J connectivity index is 2.75. The number of amides is 1. The van der Waals surface area contributed by atoms with E-state index in [2.05, 4.69) is 0 Å². The van der Waals surface area contributed by atoms with Gasteiger partial charge in [0.05, 0.1) is 22.5 Å². The van der Waals surface area contributed by atoms with Gasteiger partial charge in [0.25, 0.3) is 0 Å². The third kappa shape index (κ3) is 5.06. The van der Waals surface area contributed by atoms with E-state index in [-0.39, 0.29) is 23.8 Å². The Morgan fingerprint density at radius 2 is 1.65 bits per heavy atom. The molecule has 0 radical (unpaired) electrons. The van der Waals surface area contributed by atoms with Crippen LogP contribution in [0, 0.1) is 5.92 Å². The van der Waals surface area contributed by atoms with Gasteiger partial charge in [-0.05, 0) is 31.5 Å². The summed E-state index contributed by atoms with van der Waals surface area (Å²) in [7, 11) is -1.77. The molecule has 1 atom stereocenters. The SMILES string of the molecule is CC(CN(C)C(=O)Cc1ccc(S(=O)(=O)C(C)C)cc1)C(=O)O. The molecule has 0 saturated heterocycles. The maximum Gasteiger partial charge on any atom is 0.308 e. The van der Waals surface area contributed by atoms with Crippen molar-refractivity contribution in [2.75, 3.05) is 13.6 Å². The second kappa shape index (κ2) is 7.59. The summed E-state index contributed by atoms with van der Waals surface area (Å²) in [5, 5.41) is 8.36. The zero-order valence-corrected chi connectivity index (χ0v) is 14.6. The van der Waals surface area contributed by atoms with Gasteiger partial charge in [0.2, 0.25) is 5.91 Å². The van der Waals surface area contributed by atoms with Crippen molar-refractivity contribution in [3.8, 4) is 0 Å². The Morgan fingerprint density at radius 3 is 2.09 bits per heavy atom. The normalized spacial score (nSPS) is 12.9. The van der Waals surface area contributed by atoms with Crippen LogP contribution in [0.25, 0.3) is 0 Å². The quantitative estimate of drug-likeness (QED) is 0.813. The van der Waals surface area contributed by atoms with Crippen molar-refractivity contribution in [3.63, 3.8) is 0 Å². The van der Waals surface area contributed by atoms with Crippen LogP contribution >= 0.6 is 0 Å². The highest BCUT2D eigenvalue weighted by molar-refractivity contribution is 7.92. The largest absolute Gasteiger partial charge is 0.481 e. The lowest BCUT2D eigenvalue weighted by Crippen LogP contribution is -2.34. The van der Waals surface area contributed by atoms with Gasteiger partial charge in [-0.15, -0.1) is 0 Å². The maximum atomic E-state index is 12.1. The number of sulfone groups is 1. The van der Waals surface area contributed by atoms with Crippen molar-refractivity contribution in [2.24, 2.45) is 5.92 Å². The molecule has 23 heavy (non-hydrogen) atoms. The Kier molecular flexibility index (Phi) is 6.32. The van der Waals surface area contributed by atoms with Crippen LogP contribution < -0.4 is 0 Å². The predicted molar refractivity (Wildman–Crippen MR) is 86.9 cm³/mol. The van der Waals surface area contributed by atoms with Crippen LogP contribution in [-0.2, 0) is 25.8 Å². The summed E-state index contributed by atoms with van der Waals surface area (Å²) in [6.45, 7) is 4.91. The lowest BCUT2D eigenvalue weighted by atomic mass is 10.1. The molecule has 1 aromatic carbocycles. The number of hydrogen-bond donors (Lipinski definition) is 1. The summed E-state index contributed by atoms with van der Waals surface area (Å²) in [4.78, 5) is 24.5. The number of aliphatic carboxylic acids is 1. The number of likely N-dealkylation sites (N-methyl/N-ethyl adjacent to an activating group) is 1. The van der Waals surface area contributed by atoms with E-state index in [1.165, 1.54) is 24.0 Å². The van der Waals surface area contributed by atoms with E-state index < -0.39 is 27.0 Å². The number of nitrogens with zero attached hydrogens (tertiary/aromatic N) is 1. The lowest BCUT2D eigenvalue weighted by molar-refractivity contribution is -0.142. The first kappa shape index (κ1) is 19.2. The molecule has 0 saturated carbocycles. The number of carboxylic acid groups (broad SMARTS) is 1. The van der Waals surface area contributed by atoms with E-state index in [1.54, 1.807) is 33.0 Å². The molecule has 0 fully saturated rings. The molecule has 0 aliphatic rings. The highest BCUT2D eigenvalue weighted by Gasteiger charge is 2.20. The molecule has 1 rings (SSSR count). The molecule has 0 bridgehead atoms. The summed E-state index contributed by atoms with van der Waals surface area (Å²) >= 11 is 0. The number of carbonyl (C=O) groups excluding carboxylic acids is 1. The summed E-state index contributed by atoms with van der Waals surface area (Å²) in [5.41, 5.74) is 0.688. The summed E-state index contributed by atoms with van der Waals surface area (Å²) in [5.74, 6) is -1.80. The second-order valence-electron chi connectivity index (χ2n) is 5.93. The summed E-state index contributed by atoms with van der Waals surface area (Å²) in [6.07, 6.45) is 0.102. The number of hydrogen-bond acceptors (Lipinski definition) is 4. The van der Waals surface area contributed by atoms with Gasteiger partial charge in [-0.2, -0.15) is 0 Å². The summed E-state index contributed by atoms with van der Waals surface area (Å²) in [6, 6.07) is 6.22. The molecular weight excluding hydrogens is 318 g/mol. The molecule has 7 heteroatoms. The fraction of sp³-hybridized carbons (Fsp3) is 0.500. The lowest BCUT2D eigenvalue weighted by Gasteiger charge is -2.19. The van der Waals surface area contributed by atoms with Crippen molar-refractivity contribution in [1.82, 2.24) is 4.90 Å². The van der Waals surface area contributed by atoms with Gasteiger partial charge in [0, 0.05) is 13.6 Å². The molecule has 1 N–H and O–H groups in total. The molecule has 128 valence electrons. The highest BCUT2D eigenvalue weighted by atomic mass is 32.2. The standard InChI is InChI=1S/C16H23NO5S/c1-11(2)23(21,22)14-7-5-13(6-8-14)9-15(18)17(4)10-12(3)16(19)20/h5-8,11-12H,9-10H2,1-4H3,(H,19,20). The van der Waals surface area contributed by atoms with E-state index >= 15 is 0 Å². The minimum absolute atomic E-state index is 0.102. The zero-order chi connectivity index (χ0) is 17.8. The highest BCUT2D eigenvalue weighted by Crippen LogP contribution is 2.17. The molecule has 1 unspecified atom stereocenters. The van der Waals surface area contributed by atoms with Gasteiger partial charge in [-0.25, -0.2) is 8.42 Å². The van der Waals surface area contributed by atoms with Crippen LogP contribution in [0.3, 0.4) is 0 Å². The van der Waals surface area contributed by atoms with Gasteiger partial charge < -0.3 is 10.0 Å². The van der Waals surface area contributed by atoms with Crippen molar-refractivity contribution in [3.05, 3.63) is 29.8 Å². The van der Waals surface area contributed by atoms with E-state index in [9.17, 15) is 18.0 Å². The minimum Gasteiger partial charge on any atom is -0.481 e. The summed E-state index contributed by atoms with van der Waals surface area (Å²) < 4.78 is 24.1. The Morgan fingerprint density at radius 1 is 1.13 bits per heavy atom. The van der Waals surface area contributed by atoms with Gasteiger partial charge in [-0.1, -0.05) is 19.1 Å². The van der Waals surface area contributed by atoms with Crippen molar-refractivity contribution >= 4 is 21.7 Å². The Bertz CT molecular complexity index is 664. The van der Waals surface area contributed by atoms with E-state index in [1.807, 2.05) is 0 Å². The van der Waals surface area contributed by atoms with Gasteiger partial charge in [0.1, 0.15) is 0 Å². The second-order valence-corrected chi connectivity index (χ2v) is 8.43. The molecule has 1 aromatic rings. The van der Waals surface area contributed by atoms with Crippen LogP contribution in [-0.4, -0.2) is 49.1 Å². The maximum absolute atomic E-state index is 12.1. The van der Waals surface area contributed by atoms with Gasteiger partial charge in [-0.3, -0.25) is 9.59 Å². The van der Waals surface area contributed by atoms with Gasteiger partial charge in [0.15, 0.2) is 9.84 Å². The Hall–Kier alpha value is -1.89. The third-order valence-electron chi connectivity index (χ3n) is 3.62. The molecule has 0 aliphatic carbocycles. The third-order valence-corrected chi connectivity index (χ3v) is 5.79. The number of rotatable bonds is 7. The molecule has 6 nitrogen and oxygen atoms in total. The smallest absolute Gasteiger partial charge is 0.308 e. The first-order chi connectivity index (χ1) is 10.6. The average molecular weight is 341 g/mol. The number of benzene rings is 1. The van der Waals surface area contributed by atoms with Crippen LogP contribution in [0.15, 0.2) is 29.2 Å². The minimum atomic E-state index is -3.32. The number of carboxylic acids is 1. The van der Waals surface area contributed by atoms with Crippen molar-refractivity contribution in [1.29, 1.82) is 0 Å². The Labute approximate surface area is 137 Å². The topological polar surface area (TPSA) is 91.8 Å². The average Bonchev–Trinajstić information content (AvgIpc) is 2.47. The molecule has 1 amide bonds. The molecule has 0 aliphatic heterocycles. The number of carbonyl (C=O) groups is 2. The van der Waals surface area contributed by atoms with Crippen LogP contribution in [0.5, 0.6) is 0 Å². The molecule has 0 heterocycles. The predicted octanol–water partition coefficient (Wildman–Crippen LogP) is 1.59. The van der Waals surface area contributed by atoms with E-state index in [4.69, 9.17) is 5.11 Å². The van der Waals surface area contributed by atoms with Crippen molar-refractivity contribution < 1.29 is 23.1 Å². The first-order valence-electron chi connectivity index (χ1n) is 7.35.